The molecule has 0 saturated carbocycles. The van der Waals surface area contributed by atoms with Gasteiger partial charge in [0.15, 0.2) is 5.82 Å². The molecular weight excluding hydrogens is 238 g/mol. The number of hydrogen-bond acceptors (Lipinski definition) is 4. The van der Waals surface area contributed by atoms with Crippen LogP contribution in [0.2, 0.25) is 0 Å². The standard InChI is InChI=1S/C14H17N5/c1-10(2)17-14-12(8-15)13(16)19(18-14)9-11-6-4-3-5-7-11/h3-7,10H,9,16H2,1-2H3,(H,17,18). The quantitative estimate of drug-likeness (QED) is 0.877. The lowest BCUT2D eigenvalue weighted by molar-refractivity contribution is 0.695. The average Bonchev–Trinajstić information content (AvgIpc) is 2.66. The third-order valence-electron chi connectivity index (χ3n) is 2.70. The summed E-state index contributed by atoms with van der Waals surface area (Å²) in [6.07, 6.45) is 0. The molecule has 0 saturated heterocycles. The number of nitriles is 1. The van der Waals surface area contributed by atoms with Gasteiger partial charge in [-0.05, 0) is 19.4 Å². The second-order valence-corrected chi connectivity index (χ2v) is 4.66. The first-order chi connectivity index (χ1) is 9.11. The number of nitrogens with two attached hydrogens (primary N) is 1. The van der Waals surface area contributed by atoms with Gasteiger partial charge in [0.2, 0.25) is 0 Å². The van der Waals surface area contributed by atoms with Crippen LogP contribution in [0.1, 0.15) is 25.0 Å². The molecule has 5 heteroatoms. The highest BCUT2D eigenvalue weighted by molar-refractivity contribution is 5.64. The lowest BCUT2D eigenvalue weighted by Gasteiger charge is -2.06. The Hall–Kier alpha value is -2.48. The van der Waals surface area contributed by atoms with Crippen LogP contribution >= 0.6 is 0 Å². The zero-order valence-corrected chi connectivity index (χ0v) is 11.1. The second-order valence-electron chi connectivity index (χ2n) is 4.66. The number of anilines is 2. The first kappa shape index (κ1) is 13.0. The highest BCUT2D eigenvalue weighted by atomic mass is 15.3. The van der Waals surface area contributed by atoms with E-state index in [4.69, 9.17) is 11.0 Å². The molecule has 0 bridgehead atoms. The van der Waals surface area contributed by atoms with Crippen molar-refractivity contribution in [3.8, 4) is 6.07 Å². The van der Waals surface area contributed by atoms with Gasteiger partial charge in [-0.25, -0.2) is 4.68 Å². The largest absolute Gasteiger partial charge is 0.383 e. The number of aromatic nitrogens is 2. The number of nitrogens with zero attached hydrogens (tertiary/aromatic N) is 3. The van der Waals surface area contributed by atoms with Gasteiger partial charge in [-0.15, -0.1) is 0 Å². The zero-order valence-electron chi connectivity index (χ0n) is 11.1. The monoisotopic (exact) mass is 255 g/mol. The van der Waals surface area contributed by atoms with Crippen LogP contribution in [0.4, 0.5) is 11.6 Å². The Morgan fingerprint density at radius 3 is 2.63 bits per heavy atom. The Labute approximate surface area is 112 Å². The molecule has 0 atom stereocenters. The molecule has 2 aromatic rings. The molecule has 1 aromatic heterocycles. The van der Waals surface area contributed by atoms with E-state index >= 15 is 0 Å². The zero-order chi connectivity index (χ0) is 13.8. The summed E-state index contributed by atoms with van der Waals surface area (Å²) in [4.78, 5) is 0. The van der Waals surface area contributed by atoms with E-state index in [1.165, 1.54) is 0 Å². The van der Waals surface area contributed by atoms with Gasteiger partial charge in [0, 0.05) is 6.04 Å². The number of nitrogen functional groups attached to an aromatic ring is 1. The van der Waals surface area contributed by atoms with Gasteiger partial charge >= 0.3 is 0 Å². The highest BCUT2D eigenvalue weighted by Crippen LogP contribution is 2.22. The van der Waals surface area contributed by atoms with Gasteiger partial charge in [0.25, 0.3) is 0 Å². The van der Waals surface area contributed by atoms with Crippen LogP contribution in [0.25, 0.3) is 0 Å². The summed E-state index contributed by atoms with van der Waals surface area (Å²) in [6, 6.07) is 12.2. The molecule has 0 aliphatic carbocycles. The molecule has 5 nitrogen and oxygen atoms in total. The minimum atomic E-state index is 0.201. The molecule has 0 spiro atoms. The molecule has 98 valence electrons. The SMILES string of the molecule is CC(C)Nc1nn(Cc2ccccc2)c(N)c1C#N. The molecule has 0 fully saturated rings. The lowest BCUT2D eigenvalue weighted by atomic mass is 10.2. The minimum absolute atomic E-state index is 0.201. The van der Waals surface area contributed by atoms with Gasteiger partial charge < -0.3 is 11.1 Å². The van der Waals surface area contributed by atoms with Gasteiger partial charge in [0.05, 0.1) is 6.54 Å². The molecule has 2 rings (SSSR count). The predicted octanol–water partition coefficient (Wildman–Crippen LogP) is 2.21. The van der Waals surface area contributed by atoms with E-state index in [1.54, 1.807) is 4.68 Å². The van der Waals surface area contributed by atoms with Crippen LogP contribution in [-0.2, 0) is 6.54 Å². The first-order valence-corrected chi connectivity index (χ1v) is 6.18. The Morgan fingerprint density at radius 2 is 2.05 bits per heavy atom. The molecule has 0 aliphatic heterocycles. The number of hydrogen-bond donors (Lipinski definition) is 2. The van der Waals surface area contributed by atoms with Crippen molar-refractivity contribution >= 4 is 11.6 Å². The summed E-state index contributed by atoms with van der Waals surface area (Å²) in [5.74, 6) is 0.945. The maximum Gasteiger partial charge on any atom is 0.168 e. The smallest absolute Gasteiger partial charge is 0.168 e. The maximum atomic E-state index is 9.17. The molecule has 0 aliphatic rings. The van der Waals surface area contributed by atoms with Crippen LogP contribution in [0.3, 0.4) is 0 Å². The van der Waals surface area contributed by atoms with Gasteiger partial charge in [0.1, 0.15) is 17.5 Å². The second kappa shape index (κ2) is 5.44. The van der Waals surface area contributed by atoms with Crippen molar-refractivity contribution < 1.29 is 0 Å². The predicted molar refractivity (Wildman–Crippen MR) is 75.7 cm³/mol. The third kappa shape index (κ3) is 2.86. The van der Waals surface area contributed by atoms with Crippen molar-refractivity contribution in [1.29, 1.82) is 5.26 Å². The highest BCUT2D eigenvalue weighted by Gasteiger charge is 2.15. The Kier molecular flexibility index (Phi) is 3.71. The summed E-state index contributed by atoms with van der Waals surface area (Å²) in [5.41, 5.74) is 7.48. The van der Waals surface area contributed by atoms with E-state index in [-0.39, 0.29) is 6.04 Å². The van der Waals surface area contributed by atoms with Gasteiger partial charge in [-0.3, -0.25) is 0 Å². The van der Waals surface area contributed by atoms with E-state index in [0.717, 1.165) is 5.56 Å². The number of nitrogens with one attached hydrogen (secondary N) is 1. The van der Waals surface area contributed by atoms with Crippen molar-refractivity contribution in [3.63, 3.8) is 0 Å². The fourth-order valence-electron chi connectivity index (χ4n) is 1.84. The van der Waals surface area contributed by atoms with E-state index in [0.29, 0.717) is 23.7 Å². The van der Waals surface area contributed by atoms with Gasteiger partial charge in [-0.1, -0.05) is 30.3 Å². The number of benzene rings is 1. The summed E-state index contributed by atoms with van der Waals surface area (Å²) >= 11 is 0. The molecule has 3 N–H and O–H groups in total. The fraction of sp³-hybridized carbons (Fsp3) is 0.286. The molecule has 1 heterocycles. The Balaban J connectivity index is 2.32. The Morgan fingerprint density at radius 1 is 1.37 bits per heavy atom. The van der Waals surface area contributed by atoms with Crippen LogP contribution < -0.4 is 11.1 Å². The maximum absolute atomic E-state index is 9.17. The van der Waals surface area contributed by atoms with Crippen molar-refractivity contribution in [2.24, 2.45) is 0 Å². The van der Waals surface area contributed by atoms with Crippen molar-refractivity contribution in [3.05, 3.63) is 41.5 Å². The summed E-state index contributed by atoms with van der Waals surface area (Å²) < 4.78 is 1.65. The van der Waals surface area contributed by atoms with E-state index < -0.39 is 0 Å². The average molecular weight is 255 g/mol. The van der Waals surface area contributed by atoms with E-state index in [1.807, 2.05) is 44.2 Å². The number of rotatable bonds is 4. The minimum Gasteiger partial charge on any atom is -0.383 e. The summed E-state index contributed by atoms with van der Waals surface area (Å²) in [6.45, 7) is 4.54. The Bertz CT molecular complexity index is 592. The van der Waals surface area contributed by atoms with Crippen molar-refractivity contribution in [2.75, 3.05) is 11.1 Å². The van der Waals surface area contributed by atoms with Crippen molar-refractivity contribution in [1.82, 2.24) is 9.78 Å². The molecule has 0 radical (unpaired) electrons. The molecule has 19 heavy (non-hydrogen) atoms. The van der Waals surface area contributed by atoms with E-state index in [2.05, 4.69) is 16.5 Å². The molecule has 1 aromatic carbocycles. The van der Waals surface area contributed by atoms with Crippen molar-refractivity contribution in [2.45, 2.75) is 26.4 Å². The van der Waals surface area contributed by atoms with Gasteiger partial charge in [-0.2, -0.15) is 10.4 Å². The van der Waals surface area contributed by atoms with E-state index in [9.17, 15) is 0 Å². The van der Waals surface area contributed by atoms with Crippen LogP contribution in [-0.4, -0.2) is 15.8 Å². The fourth-order valence-corrected chi connectivity index (χ4v) is 1.84. The third-order valence-corrected chi connectivity index (χ3v) is 2.70. The van der Waals surface area contributed by atoms with Crippen LogP contribution in [0.15, 0.2) is 30.3 Å². The van der Waals surface area contributed by atoms with Crippen LogP contribution in [0, 0.1) is 11.3 Å². The lowest BCUT2D eigenvalue weighted by Crippen LogP contribution is -2.11. The normalized spacial score (nSPS) is 10.4. The van der Waals surface area contributed by atoms with Crippen LogP contribution in [0.5, 0.6) is 0 Å². The summed E-state index contributed by atoms with van der Waals surface area (Å²) in [7, 11) is 0. The molecule has 0 unspecified atom stereocenters. The first-order valence-electron chi connectivity index (χ1n) is 6.18. The molecular formula is C14H17N5. The molecule has 0 amide bonds. The summed E-state index contributed by atoms with van der Waals surface area (Å²) in [5, 5.41) is 16.7. The topological polar surface area (TPSA) is 79.7 Å².